The van der Waals surface area contributed by atoms with Crippen LogP contribution >= 0.6 is 0 Å². The van der Waals surface area contributed by atoms with Gasteiger partial charge in [0.25, 0.3) is 0 Å². The number of phenols is 2. The van der Waals surface area contributed by atoms with Gasteiger partial charge >= 0.3 is 0 Å². The van der Waals surface area contributed by atoms with Crippen LogP contribution in [0.15, 0.2) is 39.5 Å². The first-order chi connectivity index (χ1) is 20.3. The Labute approximate surface area is 243 Å². The van der Waals surface area contributed by atoms with Gasteiger partial charge in [0.1, 0.15) is 59.1 Å². The highest BCUT2D eigenvalue weighted by Gasteiger charge is 2.45. The summed E-state index contributed by atoms with van der Waals surface area (Å²) in [5.74, 6) is -1.84. The van der Waals surface area contributed by atoms with E-state index >= 15 is 0 Å². The minimum absolute atomic E-state index is 0.00513. The molecule has 3 aromatic rings. The van der Waals surface area contributed by atoms with Gasteiger partial charge in [0.2, 0.25) is 23.8 Å². The molecular weight excluding hydrogens is 576 g/mol. The fourth-order valence-electron chi connectivity index (χ4n) is 4.92. The number of aliphatic hydroxyl groups excluding tert-OH is 6. The summed E-state index contributed by atoms with van der Waals surface area (Å²) in [4.78, 5) is 14.1. The van der Waals surface area contributed by atoms with Crippen LogP contribution in [0.3, 0.4) is 0 Å². The molecule has 10 unspecified atom stereocenters. The Morgan fingerprint density at radius 3 is 1.88 bits per heavy atom. The molecule has 0 radical (unpaired) electrons. The van der Waals surface area contributed by atoms with Crippen LogP contribution in [0, 0.1) is 0 Å². The zero-order chi connectivity index (χ0) is 31.3. The molecule has 2 saturated heterocycles. The lowest BCUT2D eigenvalue weighted by Gasteiger charge is -2.39. The summed E-state index contributed by atoms with van der Waals surface area (Å²) in [6.45, 7) is 2.85. The Morgan fingerprint density at radius 1 is 0.721 bits per heavy atom. The van der Waals surface area contributed by atoms with E-state index in [9.17, 15) is 45.6 Å². The van der Waals surface area contributed by atoms with E-state index in [0.29, 0.717) is 0 Å². The third kappa shape index (κ3) is 5.57. The minimum atomic E-state index is -1.81. The van der Waals surface area contributed by atoms with Gasteiger partial charge in [-0.05, 0) is 32.0 Å². The van der Waals surface area contributed by atoms with Crippen LogP contribution in [0.4, 0.5) is 0 Å². The van der Waals surface area contributed by atoms with Crippen LogP contribution in [0.1, 0.15) is 13.8 Å². The number of aromatic hydroxyl groups is 2. The Kier molecular flexibility index (Phi) is 8.43. The van der Waals surface area contributed by atoms with E-state index in [-0.39, 0.29) is 39.5 Å². The summed E-state index contributed by atoms with van der Waals surface area (Å²) in [6.07, 6.45) is -15.0. The Balaban J connectivity index is 1.68. The number of ether oxygens (including phenoxy) is 5. The molecule has 3 heterocycles. The lowest BCUT2D eigenvalue weighted by atomic mass is 10.00. The van der Waals surface area contributed by atoms with Crippen LogP contribution in [0.5, 0.6) is 28.7 Å². The van der Waals surface area contributed by atoms with E-state index in [1.54, 1.807) is 0 Å². The highest BCUT2D eigenvalue weighted by Crippen LogP contribution is 2.40. The number of aliphatic hydroxyl groups is 6. The first-order valence-electron chi connectivity index (χ1n) is 13.3. The largest absolute Gasteiger partial charge is 0.508 e. The quantitative estimate of drug-likeness (QED) is 0.173. The molecule has 0 amide bonds. The summed E-state index contributed by atoms with van der Waals surface area (Å²) in [6, 6.07) is 6.08. The smallest absolute Gasteiger partial charge is 0.239 e. The van der Waals surface area contributed by atoms with Crippen LogP contribution in [-0.4, -0.2) is 109 Å². The molecule has 8 N–H and O–H groups in total. The molecule has 1 aromatic heterocycles. The Hall–Kier alpha value is -3.67. The van der Waals surface area contributed by atoms with Crippen LogP contribution in [0.2, 0.25) is 0 Å². The van der Waals surface area contributed by atoms with Crippen molar-refractivity contribution in [2.45, 2.75) is 75.3 Å². The van der Waals surface area contributed by atoms with Crippen molar-refractivity contribution in [2.24, 2.45) is 0 Å². The number of benzene rings is 2. The molecule has 0 aliphatic carbocycles. The Morgan fingerprint density at radius 2 is 1.30 bits per heavy atom. The lowest BCUT2D eigenvalue weighted by Crippen LogP contribution is -2.58. The van der Waals surface area contributed by atoms with Crippen molar-refractivity contribution >= 4 is 11.0 Å². The molecule has 43 heavy (non-hydrogen) atoms. The molecule has 5 rings (SSSR count). The number of phenolic OH excluding ortho intramolecular Hbond substituents is 2. The van der Waals surface area contributed by atoms with Crippen molar-refractivity contribution < 1.29 is 69.0 Å². The molecule has 0 saturated carbocycles. The molecule has 2 aliphatic heterocycles. The summed E-state index contributed by atoms with van der Waals surface area (Å²) >= 11 is 0. The van der Waals surface area contributed by atoms with Gasteiger partial charge in [0, 0.05) is 17.7 Å². The molecule has 10 atom stereocenters. The monoisotopic (exact) mass is 608 g/mol. The standard InChI is InChI=1S/C28H32O15/c1-9-18(31)21(34)23(36)27(39-9)42-16-8-12(29)7-15-17(16)20(33)26(43-28-24(37)22(35)19(32)10(2)40-28)25(41-15)11-4-5-13(30)14(6-11)38-3/h4-10,18-19,21-24,27-32,34-37H,1-3H3. The SMILES string of the molecule is COc1cc(-c2oc3cc(O)cc(OC4OC(C)C(O)C(O)C4O)c3c(=O)c2OC2OC(C)C(O)C(O)C2O)ccc1O. The average molecular weight is 609 g/mol. The van der Waals surface area contributed by atoms with Gasteiger partial charge in [-0.3, -0.25) is 4.79 Å². The average Bonchev–Trinajstić information content (AvgIpc) is 2.97. The third-order valence-corrected chi connectivity index (χ3v) is 7.44. The third-order valence-electron chi connectivity index (χ3n) is 7.44. The summed E-state index contributed by atoms with van der Waals surface area (Å²) in [5.41, 5.74) is -1.02. The highest BCUT2D eigenvalue weighted by molar-refractivity contribution is 5.88. The minimum Gasteiger partial charge on any atom is -0.508 e. The topological polar surface area (TPSA) is 238 Å². The van der Waals surface area contributed by atoms with E-state index in [1.807, 2.05) is 0 Å². The van der Waals surface area contributed by atoms with E-state index < -0.39 is 78.3 Å². The van der Waals surface area contributed by atoms with Crippen molar-refractivity contribution in [1.29, 1.82) is 0 Å². The molecular formula is C28H32O15. The van der Waals surface area contributed by atoms with Crippen molar-refractivity contribution in [3.8, 4) is 40.1 Å². The number of rotatable bonds is 6. The highest BCUT2D eigenvalue weighted by atomic mass is 16.7. The predicted octanol–water partition coefficient (Wildman–Crippen LogP) is -0.708. The van der Waals surface area contributed by atoms with Gasteiger partial charge in [-0.2, -0.15) is 0 Å². The first kappa shape index (κ1) is 30.8. The number of methoxy groups -OCH3 is 1. The molecule has 15 heteroatoms. The van der Waals surface area contributed by atoms with E-state index in [2.05, 4.69) is 0 Å². The molecule has 15 nitrogen and oxygen atoms in total. The zero-order valence-electron chi connectivity index (χ0n) is 23.1. The second-order valence-electron chi connectivity index (χ2n) is 10.4. The second kappa shape index (κ2) is 11.8. The molecule has 2 aliphatic rings. The molecule has 2 fully saturated rings. The normalized spacial score (nSPS) is 32.9. The van der Waals surface area contributed by atoms with Crippen molar-refractivity contribution in [3.05, 3.63) is 40.6 Å². The number of hydrogen-bond acceptors (Lipinski definition) is 15. The van der Waals surface area contributed by atoms with Gasteiger partial charge in [-0.15, -0.1) is 0 Å². The second-order valence-corrected chi connectivity index (χ2v) is 10.4. The maximum absolute atomic E-state index is 14.1. The van der Waals surface area contributed by atoms with Gasteiger partial charge in [-0.1, -0.05) is 0 Å². The van der Waals surface area contributed by atoms with Crippen LogP contribution in [-0.2, 0) is 9.47 Å². The van der Waals surface area contributed by atoms with Gasteiger partial charge in [-0.25, -0.2) is 0 Å². The molecule has 2 aromatic carbocycles. The maximum Gasteiger partial charge on any atom is 0.239 e. The zero-order valence-corrected chi connectivity index (χ0v) is 23.1. The summed E-state index contributed by atoms with van der Waals surface area (Å²) in [5, 5.41) is 81.9. The van der Waals surface area contributed by atoms with Gasteiger partial charge in [0.15, 0.2) is 17.3 Å². The number of fused-ring (bicyclic) bond motifs is 1. The van der Waals surface area contributed by atoms with Gasteiger partial charge in [0.05, 0.1) is 19.3 Å². The summed E-state index contributed by atoms with van der Waals surface area (Å²) < 4.78 is 33.7. The molecule has 0 spiro atoms. The lowest BCUT2D eigenvalue weighted by molar-refractivity contribution is -0.268. The first-order valence-corrected chi connectivity index (χ1v) is 13.3. The van der Waals surface area contributed by atoms with Gasteiger partial charge < -0.3 is 69.0 Å². The Bertz CT molecular complexity index is 1540. The van der Waals surface area contributed by atoms with E-state index in [0.717, 1.165) is 12.1 Å². The van der Waals surface area contributed by atoms with Crippen LogP contribution in [0.25, 0.3) is 22.3 Å². The van der Waals surface area contributed by atoms with E-state index in [1.165, 1.54) is 39.2 Å². The summed E-state index contributed by atoms with van der Waals surface area (Å²) in [7, 11) is 1.30. The maximum atomic E-state index is 14.1. The fraction of sp³-hybridized carbons (Fsp3) is 0.464. The fourth-order valence-corrected chi connectivity index (χ4v) is 4.92. The van der Waals surface area contributed by atoms with Crippen molar-refractivity contribution in [1.82, 2.24) is 0 Å². The van der Waals surface area contributed by atoms with Crippen molar-refractivity contribution in [2.75, 3.05) is 7.11 Å². The van der Waals surface area contributed by atoms with E-state index in [4.69, 9.17) is 28.1 Å². The number of hydrogen-bond donors (Lipinski definition) is 8. The predicted molar refractivity (Wildman–Crippen MR) is 144 cm³/mol. The molecule has 0 bridgehead atoms. The van der Waals surface area contributed by atoms with Crippen molar-refractivity contribution in [3.63, 3.8) is 0 Å². The molecule has 234 valence electrons. The van der Waals surface area contributed by atoms with Crippen LogP contribution < -0.4 is 19.6 Å².